The van der Waals surface area contributed by atoms with E-state index in [1.54, 1.807) is 6.20 Å². The van der Waals surface area contributed by atoms with Gasteiger partial charge in [0, 0.05) is 48.9 Å². The molecule has 7 rings (SSSR count). The number of ether oxygens (including phenoxy) is 1. The van der Waals surface area contributed by atoms with Crippen molar-refractivity contribution in [2.75, 3.05) is 26.2 Å². The molecule has 61 heavy (non-hydrogen) atoms. The van der Waals surface area contributed by atoms with Crippen molar-refractivity contribution in [1.29, 1.82) is 0 Å². The molecule has 3 unspecified atom stereocenters. The van der Waals surface area contributed by atoms with E-state index in [1.165, 1.54) is 4.90 Å². The number of benzene rings is 3. The molecule has 0 radical (unpaired) electrons. The van der Waals surface area contributed by atoms with E-state index in [9.17, 15) is 33.6 Å². The molecule has 3 heterocycles. The van der Waals surface area contributed by atoms with Crippen molar-refractivity contribution < 1.29 is 43.1 Å². The molecule has 1 aliphatic carbocycles. The predicted molar refractivity (Wildman–Crippen MR) is 222 cm³/mol. The predicted octanol–water partition coefficient (Wildman–Crippen LogP) is 2.19. The van der Waals surface area contributed by atoms with Gasteiger partial charge in [-0.05, 0) is 72.4 Å². The molecule has 2 aliphatic heterocycles. The summed E-state index contributed by atoms with van der Waals surface area (Å²) < 4.78 is 5.74. The van der Waals surface area contributed by atoms with Gasteiger partial charge in [-0.2, -0.15) is 5.48 Å². The van der Waals surface area contributed by atoms with E-state index in [-0.39, 0.29) is 57.8 Å². The maximum atomic E-state index is 14.4. The Balaban J connectivity index is 1.12. The van der Waals surface area contributed by atoms with Crippen LogP contribution in [0.1, 0.15) is 67.6 Å². The molecule has 3 aromatic carbocycles. The number of hydrogen-bond acceptors (Lipinski definition) is 10. The first kappa shape index (κ1) is 42.4. The molecule has 320 valence electrons. The van der Waals surface area contributed by atoms with Crippen LogP contribution in [-0.4, -0.2) is 102 Å². The van der Waals surface area contributed by atoms with Gasteiger partial charge in [0.2, 0.25) is 29.5 Å². The highest BCUT2D eigenvalue weighted by Crippen LogP contribution is 2.44. The van der Waals surface area contributed by atoms with Gasteiger partial charge in [0.15, 0.2) is 0 Å². The highest BCUT2D eigenvalue weighted by molar-refractivity contribution is 5.97. The molecule has 17 nitrogen and oxygen atoms in total. The van der Waals surface area contributed by atoms with Gasteiger partial charge in [-0.15, -0.1) is 0 Å². The Morgan fingerprint density at radius 1 is 0.836 bits per heavy atom. The average molecular weight is 835 g/mol. The molecule has 2 fully saturated rings. The second-order valence-corrected chi connectivity index (χ2v) is 15.5. The highest BCUT2D eigenvalue weighted by Gasteiger charge is 2.39. The van der Waals surface area contributed by atoms with Crippen LogP contribution in [0, 0.1) is 0 Å². The van der Waals surface area contributed by atoms with Gasteiger partial charge >= 0.3 is 12.1 Å². The zero-order valence-electron chi connectivity index (χ0n) is 33.6. The van der Waals surface area contributed by atoms with Crippen LogP contribution < -0.4 is 32.5 Å². The van der Waals surface area contributed by atoms with E-state index in [0.717, 1.165) is 33.2 Å². The third-order valence-electron chi connectivity index (χ3n) is 11.4. The summed E-state index contributed by atoms with van der Waals surface area (Å²) in [6.07, 6.45) is 2.29. The molecule has 1 aromatic heterocycles. The number of para-hydroxylation sites is 1. The van der Waals surface area contributed by atoms with Crippen LogP contribution >= 0.6 is 0 Å². The summed E-state index contributed by atoms with van der Waals surface area (Å²) >= 11 is 0. The minimum atomic E-state index is -1.34. The molecular formula is C44H50N8O9. The van der Waals surface area contributed by atoms with Crippen LogP contribution in [0.15, 0.2) is 79.0 Å². The zero-order chi connectivity index (χ0) is 42.9. The molecule has 4 aromatic rings. The molecule has 2 saturated heterocycles. The SMILES string of the molecule is NC(=O)CNC(=O)C1CCCN1C(=O)C1CCCCNOC(=O)CC[C@@H](NC(=O)OCC2c3ccccc3-c3ccccc32)C(=O)NC(Cc2c[nH]c3ccccc23)C(=O)N1. The minimum Gasteiger partial charge on any atom is -0.449 e. The number of rotatable bonds is 9. The number of aromatic nitrogens is 1. The maximum absolute atomic E-state index is 14.4. The lowest BCUT2D eigenvalue weighted by molar-refractivity contribution is -0.151. The van der Waals surface area contributed by atoms with Gasteiger partial charge in [0.25, 0.3) is 0 Å². The first-order valence-corrected chi connectivity index (χ1v) is 20.6. The maximum Gasteiger partial charge on any atom is 0.407 e. The Labute approximate surface area is 351 Å². The number of fused-ring (bicyclic) bond motifs is 4. The highest BCUT2D eigenvalue weighted by atomic mass is 16.7. The summed E-state index contributed by atoms with van der Waals surface area (Å²) in [6.45, 7) is 0.0664. The lowest BCUT2D eigenvalue weighted by Crippen LogP contribution is -2.59. The molecule has 4 atom stereocenters. The Morgan fingerprint density at radius 2 is 1.56 bits per heavy atom. The lowest BCUT2D eigenvalue weighted by atomic mass is 9.98. The molecule has 17 heteroatoms. The third-order valence-corrected chi connectivity index (χ3v) is 11.4. The number of primary amides is 1. The number of amides is 6. The quantitative estimate of drug-likeness (QED) is 0.130. The first-order chi connectivity index (χ1) is 29.6. The Kier molecular flexibility index (Phi) is 13.6. The van der Waals surface area contributed by atoms with Crippen LogP contribution in [0.3, 0.4) is 0 Å². The Hall–Kier alpha value is -6.75. The molecular weight excluding hydrogens is 785 g/mol. The van der Waals surface area contributed by atoms with Crippen LogP contribution in [0.2, 0.25) is 0 Å². The molecule has 0 spiro atoms. The summed E-state index contributed by atoms with van der Waals surface area (Å²) in [4.78, 5) is 103. The number of carbonyl (C=O) groups excluding carboxylic acids is 7. The van der Waals surface area contributed by atoms with Crippen LogP contribution in [0.4, 0.5) is 4.79 Å². The van der Waals surface area contributed by atoms with Gasteiger partial charge < -0.3 is 46.5 Å². The van der Waals surface area contributed by atoms with Crippen LogP contribution in [0.25, 0.3) is 22.0 Å². The first-order valence-electron chi connectivity index (χ1n) is 20.6. The number of likely N-dealkylation sites (tertiary alicyclic amines) is 1. The van der Waals surface area contributed by atoms with Crippen molar-refractivity contribution in [3.8, 4) is 11.1 Å². The van der Waals surface area contributed by atoms with Crippen LogP contribution in [-0.2, 0) is 44.8 Å². The number of hydrogen-bond donors (Lipinski definition) is 7. The third kappa shape index (κ3) is 10.2. The van der Waals surface area contributed by atoms with Crippen molar-refractivity contribution in [3.05, 3.63) is 95.7 Å². The van der Waals surface area contributed by atoms with E-state index in [0.29, 0.717) is 31.2 Å². The average Bonchev–Trinajstić information content (AvgIpc) is 4.00. The number of aromatic amines is 1. The van der Waals surface area contributed by atoms with Crippen molar-refractivity contribution in [1.82, 2.24) is 36.6 Å². The summed E-state index contributed by atoms with van der Waals surface area (Å²) in [7, 11) is 0. The summed E-state index contributed by atoms with van der Waals surface area (Å²) in [5.41, 5.74) is 13.4. The summed E-state index contributed by atoms with van der Waals surface area (Å²) in [5.74, 6) is -4.12. The molecule has 3 aliphatic rings. The minimum absolute atomic E-state index is 0.00597. The van der Waals surface area contributed by atoms with Crippen molar-refractivity contribution >= 4 is 52.5 Å². The summed E-state index contributed by atoms with van der Waals surface area (Å²) in [6, 6.07) is 18.6. The van der Waals surface area contributed by atoms with E-state index < -0.39 is 65.8 Å². The van der Waals surface area contributed by atoms with Crippen LogP contribution in [0.5, 0.6) is 0 Å². The largest absolute Gasteiger partial charge is 0.449 e. The van der Waals surface area contributed by atoms with Crippen molar-refractivity contribution in [3.63, 3.8) is 0 Å². The van der Waals surface area contributed by atoms with Crippen molar-refractivity contribution in [2.45, 2.75) is 81.5 Å². The van der Waals surface area contributed by atoms with Gasteiger partial charge in [-0.1, -0.05) is 66.7 Å². The van der Waals surface area contributed by atoms with E-state index >= 15 is 0 Å². The summed E-state index contributed by atoms with van der Waals surface area (Å²) in [5, 5.41) is 11.6. The molecule has 8 N–H and O–H groups in total. The Bertz CT molecular complexity index is 2250. The standard InChI is InChI=1S/C44H50N8O9/c45-38(53)24-47-42(57)37-17-9-21-52(37)43(58)35-16-7-8-20-48-61-39(54)19-18-34(40(55)50-36(41(56)49-35)22-26-23-46-33-15-6-5-10-27(26)33)51-44(59)60-25-32-30-13-3-1-11-28(30)29-12-2-4-14-31(29)32/h1-6,10-15,23,32,34-37,46,48H,7-9,16-22,24-25H2,(H2,45,53)(H,47,57)(H,49,56)(H,50,55)(H,51,59)/t34-,35?,36?,37?/m1/s1. The van der Waals surface area contributed by atoms with E-state index in [4.69, 9.17) is 15.3 Å². The number of carbonyl (C=O) groups is 7. The molecule has 6 amide bonds. The number of alkyl carbamates (subject to hydrolysis) is 1. The number of nitrogens with zero attached hydrogens (tertiary/aromatic N) is 1. The number of nitrogens with one attached hydrogen (secondary N) is 6. The number of hydroxylamine groups is 1. The number of H-pyrrole nitrogens is 1. The fraction of sp³-hybridized carbons (Fsp3) is 0.386. The zero-order valence-corrected chi connectivity index (χ0v) is 33.6. The molecule has 0 bridgehead atoms. The smallest absolute Gasteiger partial charge is 0.407 e. The molecule has 0 saturated carbocycles. The van der Waals surface area contributed by atoms with Gasteiger partial charge in [0.05, 0.1) is 6.54 Å². The van der Waals surface area contributed by atoms with Gasteiger partial charge in [-0.3, -0.25) is 28.8 Å². The van der Waals surface area contributed by atoms with E-state index in [2.05, 4.69) is 31.7 Å². The fourth-order valence-electron chi connectivity index (χ4n) is 8.37. The fourth-order valence-corrected chi connectivity index (χ4v) is 8.37. The number of nitrogens with two attached hydrogens (primary N) is 1. The van der Waals surface area contributed by atoms with Gasteiger partial charge in [-0.25, -0.2) is 4.79 Å². The van der Waals surface area contributed by atoms with Gasteiger partial charge in [0.1, 0.15) is 30.8 Å². The second kappa shape index (κ2) is 19.5. The Morgan fingerprint density at radius 3 is 2.31 bits per heavy atom. The van der Waals surface area contributed by atoms with E-state index in [1.807, 2.05) is 72.8 Å². The normalized spacial score (nSPS) is 21.4. The topological polar surface area (TPSA) is 243 Å². The monoisotopic (exact) mass is 834 g/mol. The van der Waals surface area contributed by atoms with Crippen molar-refractivity contribution in [2.24, 2.45) is 5.73 Å². The second-order valence-electron chi connectivity index (χ2n) is 15.5. The lowest BCUT2D eigenvalue weighted by Gasteiger charge is -2.30.